The Morgan fingerprint density at radius 2 is 0.731 bits per heavy atom. The SMILES string of the molecule is Cc1c(F)c2c3c(c(F)c(F)c(F)c3c1F)-c1c(F)c(F)c(F)c(F)c1-2. The molecule has 0 aromatic heterocycles. The normalized spacial score (nSPS) is 12.2. The highest BCUT2D eigenvalue weighted by Gasteiger charge is 2.41. The second-order valence-electron chi connectivity index (χ2n) is 5.70. The van der Waals surface area contributed by atoms with Crippen molar-refractivity contribution in [3.8, 4) is 22.3 Å². The van der Waals surface area contributed by atoms with Gasteiger partial charge in [-0.15, -0.1) is 0 Å². The van der Waals surface area contributed by atoms with Crippen LogP contribution in [0.15, 0.2) is 0 Å². The topological polar surface area (TPSA) is 0 Å². The summed E-state index contributed by atoms with van der Waals surface area (Å²) < 4.78 is 127. The first-order valence-corrected chi connectivity index (χ1v) is 6.95. The van der Waals surface area contributed by atoms with Gasteiger partial charge in [0.15, 0.2) is 40.7 Å². The molecule has 0 spiro atoms. The van der Waals surface area contributed by atoms with Gasteiger partial charge in [0.2, 0.25) is 0 Å². The van der Waals surface area contributed by atoms with Crippen LogP contribution in [0.4, 0.5) is 39.5 Å². The second kappa shape index (κ2) is 4.93. The summed E-state index contributed by atoms with van der Waals surface area (Å²) in [7, 11) is 0. The second-order valence-corrected chi connectivity index (χ2v) is 5.70. The van der Waals surface area contributed by atoms with Crippen molar-refractivity contribution in [1.82, 2.24) is 0 Å². The van der Waals surface area contributed by atoms with Crippen LogP contribution in [0.25, 0.3) is 33.0 Å². The molecule has 4 rings (SSSR count). The fourth-order valence-corrected chi connectivity index (χ4v) is 3.27. The highest BCUT2D eigenvalue weighted by atomic mass is 19.2. The van der Waals surface area contributed by atoms with Crippen molar-refractivity contribution in [2.24, 2.45) is 0 Å². The number of halogens is 9. The van der Waals surface area contributed by atoms with Gasteiger partial charge in [-0.3, -0.25) is 0 Å². The fourth-order valence-electron chi connectivity index (χ4n) is 3.27. The van der Waals surface area contributed by atoms with Gasteiger partial charge in [0.1, 0.15) is 11.6 Å². The van der Waals surface area contributed by atoms with Crippen LogP contribution in [0.3, 0.4) is 0 Å². The molecule has 3 aromatic carbocycles. The highest BCUT2D eigenvalue weighted by Crippen LogP contribution is 2.54. The Morgan fingerprint density at radius 3 is 1.23 bits per heavy atom. The summed E-state index contributed by atoms with van der Waals surface area (Å²) in [6, 6.07) is 0. The number of hydrogen-bond donors (Lipinski definition) is 0. The Balaban J connectivity index is 2.45. The molecule has 0 unspecified atom stereocenters. The van der Waals surface area contributed by atoms with E-state index in [4.69, 9.17) is 0 Å². The molecule has 0 saturated heterocycles. The number of rotatable bonds is 0. The van der Waals surface area contributed by atoms with Gasteiger partial charge in [-0.2, -0.15) is 0 Å². The molecule has 0 amide bonds. The van der Waals surface area contributed by atoms with E-state index in [0.717, 1.165) is 6.92 Å². The van der Waals surface area contributed by atoms with E-state index in [1.54, 1.807) is 0 Å². The summed E-state index contributed by atoms with van der Waals surface area (Å²) in [5.41, 5.74) is -5.89. The van der Waals surface area contributed by atoms with Gasteiger partial charge in [-0.1, -0.05) is 0 Å². The third kappa shape index (κ3) is 1.63. The Hall–Kier alpha value is -2.71. The average molecular weight is 378 g/mol. The molecule has 0 heterocycles. The van der Waals surface area contributed by atoms with E-state index >= 15 is 0 Å². The van der Waals surface area contributed by atoms with Crippen molar-refractivity contribution in [1.29, 1.82) is 0 Å². The Bertz CT molecular complexity index is 1090. The molecule has 0 bridgehead atoms. The van der Waals surface area contributed by atoms with Crippen molar-refractivity contribution < 1.29 is 39.5 Å². The zero-order valence-electron chi connectivity index (χ0n) is 12.4. The monoisotopic (exact) mass is 378 g/mol. The predicted octanol–water partition coefficient (Wildman–Crippen LogP) is 6.05. The third-order valence-corrected chi connectivity index (χ3v) is 4.44. The highest BCUT2D eigenvalue weighted by molar-refractivity contribution is 6.16. The molecule has 1 aliphatic carbocycles. The van der Waals surface area contributed by atoms with E-state index in [-0.39, 0.29) is 0 Å². The molecule has 0 aliphatic heterocycles. The van der Waals surface area contributed by atoms with Gasteiger partial charge in [-0.05, 0) is 6.92 Å². The molecule has 9 heteroatoms. The molecule has 0 fully saturated rings. The third-order valence-electron chi connectivity index (χ3n) is 4.44. The van der Waals surface area contributed by atoms with Crippen LogP contribution < -0.4 is 0 Å². The van der Waals surface area contributed by atoms with Crippen molar-refractivity contribution in [3.05, 3.63) is 57.9 Å². The number of hydrogen-bond acceptors (Lipinski definition) is 0. The summed E-state index contributed by atoms with van der Waals surface area (Å²) in [6.45, 7) is 0.785. The van der Waals surface area contributed by atoms with Crippen molar-refractivity contribution in [2.45, 2.75) is 6.92 Å². The fraction of sp³-hybridized carbons (Fsp3) is 0.0588. The molecule has 0 saturated carbocycles. The zero-order valence-corrected chi connectivity index (χ0v) is 12.4. The first kappa shape index (κ1) is 16.7. The van der Waals surface area contributed by atoms with E-state index in [0.29, 0.717) is 0 Å². The van der Waals surface area contributed by atoms with Gasteiger partial charge in [-0.25, -0.2) is 39.5 Å². The molecule has 1 aliphatic rings. The van der Waals surface area contributed by atoms with Gasteiger partial charge in [0.25, 0.3) is 0 Å². The Labute approximate surface area is 138 Å². The smallest absolute Gasteiger partial charge is 0.198 e. The molecular formula is C17H3F9. The lowest BCUT2D eigenvalue weighted by Gasteiger charge is -2.11. The van der Waals surface area contributed by atoms with Gasteiger partial charge < -0.3 is 0 Å². The van der Waals surface area contributed by atoms with Crippen LogP contribution in [0, 0.1) is 59.3 Å². The van der Waals surface area contributed by atoms with E-state index in [9.17, 15) is 39.5 Å². The minimum Gasteiger partial charge on any atom is -0.206 e. The van der Waals surface area contributed by atoms with E-state index < -0.39 is 90.9 Å². The van der Waals surface area contributed by atoms with Gasteiger partial charge in [0.05, 0.1) is 5.39 Å². The minimum absolute atomic E-state index is 0.785. The molecule has 3 aromatic rings. The maximum Gasteiger partial charge on any atom is 0.198 e. The van der Waals surface area contributed by atoms with Gasteiger partial charge in [0, 0.05) is 33.2 Å². The molecule has 134 valence electrons. The summed E-state index contributed by atoms with van der Waals surface area (Å²) in [6.07, 6.45) is 0. The van der Waals surface area contributed by atoms with Crippen LogP contribution in [-0.2, 0) is 0 Å². The van der Waals surface area contributed by atoms with Crippen molar-refractivity contribution in [2.75, 3.05) is 0 Å². The van der Waals surface area contributed by atoms with Crippen LogP contribution in [-0.4, -0.2) is 0 Å². The maximum atomic E-state index is 14.5. The summed E-state index contributed by atoms with van der Waals surface area (Å²) in [5.74, 6) is -18.5. The van der Waals surface area contributed by atoms with Gasteiger partial charge >= 0.3 is 0 Å². The minimum atomic E-state index is -2.36. The van der Waals surface area contributed by atoms with E-state index in [1.165, 1.54) is 0 Å². The summed E-state index contributed by atoms with van der Waals surface area (Å²) in [5, 5.41) is -2.32. The van der Waals surface area contributed by atoms with E-state index in [2.05, 4.69) is 0 Å². The van der Waals surface area contributed by atoms with Crippen LogP contribution in [0.2, 0.25) is 0 Å². The molecular weight excluding hydrogens is 375 g/mol. The molecule has 0 atom stereocenters. The zero-order chi connectivity index (χ0) is 19.2. The number of benzene rings is 3. The first-order chi connectivity index (χ1) is 12.1. The first-order valence-electron chi connectivity index (χ1n) is 6.95. The maximum absolute atomic E-state index is 14.5. The molecule has 0 radical (unpaired) electrons. The van der Waals surface area contributed by atoms with Crippen molar-refractivity contribution in [3.63, 3.8) is 0 Å². The van der Waals surface area contributed by atoms with Crippen LogP contribution in [0.1, 0.15) is 5.56 Å². The molecule has 26 heavy (non-hydrogen) atoms. The quantitative estimate of drug-likeness (QED) is 0.199. The molecule has 0 nitrogen and oxygen atoms in total. The molecule has 0 N–H and O–H groups in total. The lowest BCUT2D eigenvalue weighted by atomic mass is 9.97. The number of fused-ring (bicyclic) bond motifs is 3. The van der Waals surface area contributed by atoms with Crippen molar-refractivity contribution >= 4 is 10.8 Å². The van der Waals surface area contributed by atoms with Crippen LogP contribution in [0.5, 0.6) is 0 Å². The van der Waals surface area contributed by atoms with Crippen LogP contribution >= 0.6 is 0 Å². The Kier molecular flexibility index (Phi) is 3.17. The standard InChI is InChI=1S/C17H3F9/c1-2-9(18)4-3-5(11(20)15(24)14(23)8(3)10(2)19)7-6(4)12(21)16(25)17(26)13(7)22/h1H3. The summed E-state index contributed by atoms with van der Waals surface area (Å²) in [4.78, 5) is 0. The lowest BCUT2D eigenvalue weighted by Crippen LogP contribution is -2.02. The average Bonchev–Trinajstić information content (AvgIpc) is 2.96. The largest absolute Gasteiger partial charge is 0.206 e. The Morgan fingerprint density at radius 1 is 0.346 bits per heavy atom. The lowest BCUT2D eigenvalue weighted by molar-refractivity contribution is 0.412. The summed E-state index contributed by atoms with van der Waals surface area (Å²) >= 11 is 0. The predicted molar refractivity (Wildman–Crippen MR) is 72.7 cm³/mol. The van der Waals surface area contributed by atoms with E-state index in [1.807, 2.05) is 0 Å².